The quantitative estimate of drug-likeness (QED) is 0.535. The molecular formula is C21H22N2O3S. The molecule has 0 atom stereocenters. The summed E-state index contributed by atoms with van der Waals surface area (Å²) in [6.07, 6.45) is 0.769. The molecule has 0 radical (unpaired) electrons. The SMILES string of the molecule is O=C(CCCN1C(=O)c2ccccc2C1=O)NCCSCc1ccccc1. The van der Waals surface area contributed by atoms with Crippen LogP contribution < -0.4 is 5.32 Å². The largest absolute Gasteiger partial charge is 0.355 e. The van der Waals surface area contributed by atoms with Gasteiger partial charge in [0.1, 0.15) is 0 Å². The van der Waals surface area contributed by atoms with Crippen molar-refractivity contribution >= 4 is 29.5 Å². The zero-order valence-corrected chi connectivity index (χ0v) is 15.8. The Hall–Kier alpha value is -2.60. The van der Waals surface area contributed by atoms with Crippen LogP contribution in [0.4, 0.5) is 0 Å². The molecule has 1 N–H and O–H groups in total. The van der Waals surface area contributed by atoms with Gasteiger partial charge in [0.25, 0.3) is 11.8 Å². The number of hydrogen-bond acceptors (Lipinski definition) is 4. The number of thioether (sulfide) groups is 1. The van der Waals surface area contributed by atoms with Crippen LogP contribution in [0.5, 0.6) is 0 Å². The van der Waals surface area contributed by atoms with Crippen molar-refractivity contribution in [1.82, 2.24) is 10.2 Å². The zero-order valence-electron chi connectivity index (χ0n) is 15.0. The van der Waals surface area contributed by atoms with Crippen LogP contribution in [0.2, 0.25) is 0 Å². The van der Waals surface area contributed by atoms with Crippen LogP contribution >= 0.6 is 11.8 Å². The van der Waals surface area contributed by atoms with E-state index < -0.39 is 0 Å². The van der Waals surface area contributed by atoms with Gasteiger partial charge in [-0.2, -0.15) is 11.8 Å². The van der Waals surface area contributed by atoms with Crippen molar-refractivity contribution in [3.63, 3.8) is 0 Å². The number of carbonyl (C=O) groups excluding carboxylic acids is 3. The first-order valence-electron chi connectivity index (χ1n) is 9.00. The van der Waals surface area contributed by atoms with E-state index in [0.717, 1.165) is 11.5 Å². The van der Waals surface area contributed by atoms with Gasteiger partial charge in [-0.05, 0) is 24.1 Å². The van der Waals surface area contributed by atoms with Crippen LogP contribution in [0.25, 0.3) is 0 Å². The number of imide groups is 1. The van der Waals surface area contributed by atoms with Crippen molar-refractivity contribution in [2.45, 2.75) is 18.6 Å². The average molecular weight is 382 g/mol. The first-order valence-corrected chi connectivity index (χ1v) is 10.2. The molecule has 140 valence electrons. The van der Waals surface area contributed by atoms with E-state index in [2.05, 4.69) is 17.4 Å². The summed E-state index contributed by atoms with van der Waals surface area (Å²) in [5.74, 6) is 1.18. The second-order valence-corrected chi connectivity index (χ2v) is 7.40. The second kappa shape index (κ2) is 9.37. The number of rotatable bonds is 9. The molecule has 2 aromatic carbocycles. The highest BCUT2D eigenvalue weighted by Crippen LogP contribution is 2.22. The van der Waals surface area contributed by atoms with Crippen LogP contribution in [-0.2, 0) is 10.5 Å². The maximum Gasteiger partial charge on any atom is 0.261 e. The van der Waals surface area contributed by atoms with E-state index in [4.69, 9.17) is 0 Å². The summed E-state index contributed by atoms with van der Waals surface area (Å²) in [4.78, 5) is 37.6. The predicted molar refractivity (Wildman–Crippen MR) is 107 cm³/mol. The Balaban J connectivity index is 1.31. The Morgan fingerprint density at radius 3 is 2.22 bits per heavy atom. The minimum atomic E-state index is -0.270. The Kier molecular flexibility index (Phi) is 6.65. The predicted octanol–water partition coefficient (Wildman–Crippen LogP) is 3.11. The Bertz CT molecular complexity index is 788. The molecule has 0 aliphatic carbocycles. The molecule has 1 heterocycles. The van der Waals surface area contributed by atoms with Crippen LogP contribution in [0.3, 0.4) is 0 Å². The maximum atomic E-state index is 12.2. The smallest absolute Gasteiger partial charge is 0.261 e. The Morgan fingerprint density at radius 2 is 1.56 bits per heavy atom. The molecule has 0 aromatic heterocycles. The van der Waals surface area contributed by atoms with Crippen LogP contribution in [0.15, 0.2) is 54.6 Å². The van der Waals surface area contributed by atoms with E-state index in [0.29, 0.717) is 30.5 Å². The molecule has 0 saturated carbocycles. The van der Waals surface area contributed by atoms with Crippen molar-refractivity contribution in [1.29, 1.82) is 0 Å². The topological polar surface area (TPSA) is 66.5 Å². The number of fused-ring (bicyclic) bond motifs is 1. The molecule has 1 aliphatic rings. The van der Waals surface area contributed by atoms with E-state index in [-0.39, 0.29) is 24.3 Å². The molecule has 3 amide bonds. The molecule has 6 heteroatoms. The lowest BCUT2D eigenvalue weighted by molar-refractivity contribution is -0.121. The first-order chi connectivity index (χ1) is 13.2. The van der Waals surface area contributed by atoms with Crippen LogP contribution in [0, 0.1) is 0 Å². The van der Waals surface area contributed by atoms with Crippen molar-refractivity contribution in [2.75, 3.05) is 18.8 Å². The van der Waals surface area contributed by atoms with Gasteiger partial charge < -0.3 is 5.32 Å². The maximum absolute atomic E-state index is 12.2. The zero-order chi connectivity index (χ0) is 19.1. The highest BCUT2D eigenvalue weighted by molar-refractivity contribution is 7.98. The van der Waals surface area contributed by atoms with Gasteiger partial charge in [-0.3, -0.25) is 19.3 Å². The summed E-state index contributed by atoms with van der Waals surface area (Å²) in [5, 5.41) is 2.89. The third-order valence-corrected chi connectivity index (χ3v) is 5.37. The number of amides is 3. The number of benzene rings is 2. The van der Waals surface area contributed by atoms with Gasteiger partial charge in [-0.1, -0.05) is 42.5 Å². The van der Waals surface area contributed by atoms with E-state index in [1.165, 1.54) is 10.5 Å². The van der Waals surface area contributed by atoms with Gasteiger partial charge in [0.05, 0.1) is 11.1 Å². The molecule has 0 spiro atoms. The summed E-state index contributed by atoms with van der Waals surface area (Å²) in [7, 11) is 0. The summed E-state index contributed by atoms with van der Waals surface area (Å²) >= 11 is 1.77. The van der Waals surface area contributed by atoms with Gasteiger partial charge in [-0.25, -0.2) is 0 Å². The Labute approximate surface area is 163 Å². The highest BCUT2D eigenvalue weighted by atomic mass is 32.2. The fourth-order valence-corrected chi connectivity index (χ4v) is 3.77. The Morgan fingerprint density at radius 1 is 0.926 bits per heavy atom. The van der Waals surface area contributed by atoms with Crippen molar-refractivity contribution in [3.8, 4) is 0 Å². The molecule has 0 saturated heterocycles. The summed E-state index contributed by atoms with van der Waals surface area (Å²) < 4.78 is 0. The van der Waals surface area contributed by atoms with Gasteiger partial charge in [0.15, 0.2) is 0 Å². The number of nitrogens with zero attached hydrogens (tertiary/aromatic N) is 1. The lowest BCUT2D eigenvalue weighted by Gasteiger charge is -2.13. The van der Waals surface area contributed by atoms with Crippen molar-refractivity contribution < 1.29 is 14.4 Å². The minimum Gasteiger partial charge on any atom is -0.355 e. The van der Waals surface area contributed by atoms with Crippen molar-refractivity contribution in [2.24, 2.45) is 0 Å². The molecule has 5 nitrogen and oxygen atoms in total. The fourth-order valence-electron chi connectivity index (χ4n) is 2.96. The summed E-state index contributed by atoms with van der Waals surface area (Å²) in [6, 6.07) is 17.0. The number of carbonyl (C=O) groups is 3. The standard InChI is InChI=1S/C21H22N2O3S/c24-19(22-12-14-27-15-16-7-2-1-3-8-16)11-6-13-23-20(25)17-9-4-5-10-18(17)21(23)26/h1-5,7-10H,6,11-15H2,(H,22,24). The van der Waals surface area contributed by atoms with E-state index in [9.17, 15) is 14.4 Å². The molecule has 3 rings (SSSR count). The normalized spacial score (nSPS) is 13.0. The van der Waals surface area contributed by atoms with Crippen LogP contribution in [0.1, 0.15) is 39.1 Å². The lowest BCUT2D eigenvalue weighted by atomic mass is 10.1. The van der Waals surface area contributed by atoms with Gasteiger partial charge in [0, 0.05) is 31.0 Å². The summed E-state index contributed by atoms with van der Waals surface area (Å²) in [5.41, 5.74) is 2.17. The fraction of sp³-hybridized carbons (Fsp3) is 0.286. The van der Waals surface area contributed by atoms with E-state index in [1.807, 2.05) is 18.2 Å². The summed E-state index contributed by atoms with van der Waals surface area (Å²) in [6.45, 7) is 0.881. The number of nitrogens with one attached hydrogen (secondary N) is 1. The van der Waals surface area contributed by atoms with Gasteiger partial charge in [0.2, 0.25) is 5.91 Å². The van der Waals surface area contributed by atoms with E-state index >= 15 is 0 Å². The molecular weight excluding hydrogens is 360 g/mol. The molecule has 0 bridgehead atoms. The average Bonchev–Trinajstić information content (AvgIpc) is 2.94. The second-order valence-electron chi connectivity index (χ2n) is 6.30. The monoisotopic (exact) mass is 382 g/mol. The van der Waals surface area contributed by atoms with Crippen molar-refractivity contribution in [3.05, 3.63) is 71.3 Å². The van der Waals surface area contributed by atoms with Crippen LogP contribution in [-0.4, -0.2) is 41.5 Å². The molecule has 0 fully saturated rings. The molecule has 0 unspecified atom stereocenters. The third-order valence-electron chi connectivity index (χ3n) is 4.34. The van der Waals surface area contributed by atoms with Gasteiger partial charge in [-0.15, -0.1) is 0 Å². The number of hydrogen-bond donors (Lipinski definition) is 1. The molecule has 1 aliphatic heterocycles. The lowest BCUT2D eigenvalue weighted by Crippen LogP contribution is -2.32. The third kappa shape index (κ3) is 4.98. The molecule has 27 heavy (non-hydrogen) atoms. The highest BCUT2D eigenvalue weighted by Gasteiger charge is 2.34. The molecule has 2 aromatic rings. The minimum absolute atomic E-state index is 0.0491. The van der Waals surface area contributed by atoms with Gasteiger partial charge >= 0.3 is 0 Å². The van der Waals surface area contributed by atoms with E-state index in [1.54, 1.807) is 36.0 Å². The first kappa shape index (κ1) is 19.2.